The first-order valence-corrected chi connectivity index (χ1v) is 19.2. The van der Waals surface area contributed by atoms with E-state index in [9.17, 15) is 24.2 Å². The number of rotatable bonds is 3. The number of ether oxygens (including phenoxy) is 2. The van der Waals surface area contributed by atoms with E-state index in [2.05, 4.69) is 29.9 Å². The van der Waals surface area contributed by atoms with E-state index in [0.717, 1.165) is 10.9 Å². The molecule has 8 unspecified atom stereocenters. The van der Waals surface area contributed by atoms with E-state index in [4.69, 9.17) is 50.8 Å². The van der Waals surface area contributed by atoms with Crippen molar-refractivity contribution in [3.05, 3.63) is 44.9 Å². The van der Waals surface area contributed by atoms with E-state index < -0.39 is 86.3 Å². The molecule has 1 fully saturated rings. The Kier molecular flexibility index (Phi) is 7.94. The van der Waals surface area contributed by atoms with Gasteiger partial charge in [0.1, 0.15) is 31.2 Å². The molecule has 7 rings (SSSR count). The zero-order valence-electron chi connectivity index (χ0n) is 23.5. The number of nitrogens with zero attached hydrogens (tertiary/aromatic N) is 6. The molecule has 4 aromatic heterocycles. The fourth-order valence-electron chi connectivity index (χ4n) is 5.13. The van der Waals surface area contributed by atoms with Gasteiger partial charge in [-0.25, -0.2) is 18.9 Å². The summed E-state index contributed by atoms with van der Waals surface area (Å²) in [5.41, 5.74) is 9.56. The second-order valence-corrected chi connectivity index (χ2v) is 17.1. The topological polar surface area (TPSA) is 292 Å². The molecule has 0 saturated carbocycles. The minimum Gasteiger partial charge on any atom is -0.465 e. The predicted octanol–water partition coefficient (Wildman–Crippen LogP) is -0.109. The summed E-state index contributed by atoms with van der Waals surface area (Å²) >= 11 is 5.81. The molecule has 3 aliphatic rings. The Balaban J connectivity index is 1.24. The number of halogens is 1. The molecular weight excluding hydrogens is 713 g/mol. The lowest BCUT2D eigenvalue weighted by Gasteiger charge is -2.26. The molecule has 2 bridgehead atoms. The lowest BCUT2D eigenvalue weighted by molar-refractivity contribution is -0.0470. The van der Waals surface area contributed by atoms with Gasteiger partial charge in [0.25, 0.3) is 11.1 Å². The van der Waals surface area contributed by atoms with E-state index in [0.29, 0.717) is 11.4 Å². The van der Waals surface area contributed by atoms with Crippen LogP contribution in [0.3, 0.4) is 0 Å². The number of hydrogen-bond acceptors (Lipinski definition) is 18. The normalized spacial score (nSPS) is 33.2. The quantitative estimate of drug-likeness (QED) is 0.150. The van der Waals surface area contributed by atoms with E-state index in [1.54, 1.807) is 0 Å². The van der Waals surface area contributed by atoms with Gasteiger partial charge in [0.05, 0.1) is 12.9 Å². The summed E-state index contributed by atoms with van der Waals surface area (Å²) in [5.74, 6) is -1.55. The number of aliphatic hydroxyl groups is 1. The molecule has 1 saturated heterocycles. The average molecular weight is 737 g/mol. The molecule has 4 aromatic rings. The van der Waals surface area contributed by atoms with Crippen molar-refractivity contribution in [1.29, 1.82) is 0 Å². The van der Waals surface area contributed by atoms with Crippen molar-refractivity contribution in [2.75, 3.05) is 30.9 Å². The zero-order valence-corrected chi connectivity index (χ0v) is 27.0. The number of nitrogens with two attached hydrogens (primary N) is 2. The summed E-state index contributed by atoms with van der Waals surface area (Å²) in [5, 5.41) is 11.2. The Morgan fingerprint density at radius 2 is 1.66 bits per heavy atom. The van der Waals surface area contributed by atoms with E-state index >= 15 is 4.39 Å². The van der Waals surface area contributed by atoms with Crippen LogP contribution in [-0.2, 0) is 43.9 Å². The number of H-pyrrole nitrogens is 2. The molecule has 21 nitrogen and oxygen atoms in total. The SMILES string of the molecule is CSP1(=O)OCC2OC(n3cnc4c(=O)[nH]c(N)nc43)C(OP(O)(=S)OCC3=C(O1)C(F)C(n1cnc4c(=O)[nH]c(N)nc41)O3)C2O. The standard InChI is InChI=1S/C21H23FN10O11P2S2/c1-47-45(37)39-2-6-11(33)13(19(40-6)32-5-26-10-15(32)28-21(24)30-17(10)35)42-44(36,46)38-3-7-12(43-45)8(22)18(41-7)31-4-25-9-14(31)27-20(23)29-16(9)34/h4-6,8,11,13,18-19,33H,2-3H2,1H3,(H,36,46)(H3,23,27,29,34)(H3,24,28,30,35). The van der Waals surface area contributed by atoms with Gasteiger partial charge in [0, 0.05) is 0 Å². The first kappa shape index (κ1) is 32.1. The van der Waals surface area contributed by atoms with Crippen molar-refractivity contribution in [2.24, 2.45) is 0 Å². The van der Waals surface area contributed by atoms with E-state index in [1.165, 1.54) is 17.2 Å². The molecule has 0 radical (unpaired) electrons. The van der Waals surface area contributed by atoms with E-state index in [1.807, 2.05) is 0 Å². The van der Waals surface area contributed by atoms with Crippen LogP contribution in [-0.4, -0.2) is 93.0 Å². The van der Waals surface area contributed by atoms with Crippen LogP contribution in [0.1, 0.15) is 12.5 Å². The molecule has 26 heteroatoms. The summed E-state index contributed by atoms with van der Waals surface area (Å²) < 4.78 is 66.3. The number of fused-ring (bicyclic) bond motifs is 4. The van der Waals surface area contributed by atoms with Gasteiger partial charge < -0.3 is 40.0 Å². The fourth-order valence-corrected chi connectivity index (χ4v) is 8.43. The minimum absolute atomic E-state index is 0.0514. The number of aromatic nitrogens is 8. The number of anilines is 2. The maximum Gasteiger partial charge on any atom is 0.439 e. The molecule has 7 heterocycles. The van der Waals surface area contributed by atoms with Crippen LogP contribution < -0.4 is 22.6 Å². The van der Waals surface area contributed by atoms with Gasteiger partial charge in [-0.15, -0.1) is 0 Å². The van der Waals surface area contributed by atoms with Crippen LogP contribution >= 0.6 is 24.9 Å². The van der Waals surface area contributed by atoms with Crippen LogP contribution in [0, 0.1) is 0 Å². The summed E-state index contributed by atoms with van der Waals surface area (Å²) in [7, 11) is 0. The van der Waals surface area contributed by atoms with Crippen molar-refractivity contribution in [3.8, 4) is 0 Å². The average Bonchev–Trinajstić information content (AvgIpc) is 3.76. The molecule has 252 valence electrons. The molecule has 8 N–H and O–H groups in total. The van der Waals surface area contributed by atoms with Crippen molar-refractivity contribution in [3.63, 3.8) is 0 Å². The lowest BCUT2D eigenvalue weighted by atomic mass is 10.1. The van der Waals surface area contributed by atoms with Gasteiger partial charge >= 0.3 is 13.5 Å². The maximum atomic E-state index is 16.1. The third kappa shape index (κ3) is 5.63. The second-order valence-electron chi connectivity index (χ2n) is 10.1. The van der Waals surface area contributed by atoms with Gasteiger partial charge in [0.2, 0.25) is 24.3 Å². The van der Waals surface area contributed by atoms with Gasteiger partial charge in [-0.05, 0) is 29.4 Å². The number of imidazole rings is 2. The predicted molar refractivity (Wildman–Crippen MR) is 163 cm³/mol. The molecule has 8 atom stereocenters. The Morgan fingerprint density at radius 3 is 2.26 bits per heavy atom. The molecular formula is C21H23FN10O11P2S2. The number of nitrogen functional groups attached to an aromatic ring is 2. The smallest absolute Gasteiger partial charge is 0.439 e. The highest BCUT2D eigenvalue weighted by Gasteiger charge is 2.51. The highest BCUT2D eigenvalue weighted by molar-refractivity contribution is 8.54. The highest BCUT2D eigenvalue weighted by Crippen LogP contribution is 2.63. The Morgan fingerprint density at radius 1 is 1.06 bits per heavy atom. The Hall–Kier alpha value is -3.44. The van der Waals surface area contributed by atoms with Gasteiger partial charge in [-0.3, -0.25) is 37.7 Å². The summed E-state index contributed by atoms with van der Waals surface area (Å²) in [6.07, 6.45) is -5.95. The second kappa shape index (κ2) is 11.6. The molecule has 0 spiro atoms. The van der Waals surface area contributed by atoms with Gasteiger partial charge in [0.15, 0.2) is 40.1 Å². The molecule has 0 amide bonds. The molecule has 0 aliphatic carbocycles. The first-order chi connectivity index (χ1) is 22.3. The third-order valence-corrected chi connectivity index (χ3v) is 12.0. The number of aliphatic hydroxyl groups excluding tert-OH is 1. The summed E-state index contributed by atoms with van der Waals surface area (Å²) in [4.78, 5) is 56.4. The zero-order chi connectivity index (χ0) is 33.4. The van der Waals surface area contributed by atoms with Crippen LogP contribution in [0.5, 0.6) is 0 Å². The largest absolute Gasteiger partial charge is 0.465 e. The highest BCUT2D eigenvalue weighted by atomic mass is 32.7. The van der Waals surface area contributed by atoms with Gasteiger partial charge in [-0.2, -0.15) is 9.97 Å². The monoisotopic (exact) mass is 736 g/mol. The van der Waals surface area contributed by atoms with Crippen LogP contribution in [0.2, 0.25) is 0 Å². The summed E-state index contributed by atoms with van der Waals surface area (Å²) in [6.45, 7) is -10.0. The Bertz CT molecular complexity index is 2160. The Labute approximate surface area is 268 Å². The molecule has 47 heavy (non-hydrogen) atoms. The van der Waals surface area contributed by atoms with Crippen molar-refractivity contribution < 1.29 is 46.5 Å². The number of alkyl halides is 1. The lowest BCUT2D eigenvalue weighted by Crippen LogP contribution is -2.35. The number of nitrogens with one attached hydrogen (secondary N) is 2. The van der Waals surface area contributed by atoms with Crippen LogP contribution in [0.15, 0.2) is 33.8 Å². The first-order valence-electron chi connectivity index (χ1n) is 13.2. The molecule has 0 aromatic carbocycles. The summed E-state index contributed by atoms with van der Waals surface area (Å²) in [6, 6.07) is 0. The van der Waals surface area contributed by atoms with E-state index in [-0.39, 0.29) is 34.2 Å². The van der Waals surface area contributed by atoms with Crippen molar-refractivity contribution in [2.45, 2.75) is 36.9 Å². The minimum atomic E-state index is -4.35. The van der Waals surface area contributed by atoms with Crippen LogP contribution in [0.25, 0.3) is 22.3 Å². The third-order valence-electron chi connectivity index (χ3n) is 7.25. The number of aromatic amines is 2. The molecule has 3 aliphatic heterocycles. The number of hydrogen-bond donors (Lipinski definition) is 6. The van der Waals surface area contributed by atoms with Crippen molar-refractivity contribution in [1.82, 2.24) is 39.0 Å². The van der Waals surface area contributed by atoms with Crippen LogP contribution in [0.4, 0.5) is 16.3 Å². The maximum absolute atomic E-state index is 16.1. The fraction of sp³-hybridized carbons (Fsp3) is 0.429. The van der Waals surface area contributed by atoms with Gasteiger partial charge in [-0.1, -0.05) is 0 Å². The van der Waals surface area contributed by atoms with Crippen molar-refractivity contribution >= 4 is 70.9 Å².